The molecule has 148 valence electrons. The molecule has 0 unspecified atom stereocenters. The minimum Gasteiger partial charge on any atom is -0.337 e. The van der Waals surface area contributed by atoms with E-state index in [1.165, 1.54) is 17.7 Å². The van der Waals surface area contributed by atoms with Crippen LogP contribution in [0.1, 0.15) is 17.5 Å². The van der Waals surface area contributed by atoms with Crippen molar-refractivity contribution < 1.29 is 4.39 Å². The van der Waals surface area contributed by atoms with E-state index in [9.17, 15) is 4.39 Å². The van der Waals surface area contributed by atoms with E-state index in [-0.39, 0.29) is 5.82 Å². The second-order valence-corrected chi connectivity index (χ2v) is 7.11. The molecule has 0 saturated heterocycles. The molecular formula is C23H24FN5. The number of imidazole rings is 1. The first kappa shape index (κ1) is 19.1. The van der Waals surface area contributed by atoms with Crippen molar-refractivity contribution in [1.82, 2.24) is 24.2 Å². The van der Waals surface area contributed by atoms with Crippen molar-refractivity contribution in [1.29, 1.82) is 0 Å². The summed E-state index contributed by atoms with van der Waals surface area (Å²) in [6, 6.07) is 17.1. The molecule has 0 N–H and O–H groups in total. The molecule has 4 aromatic rings. The summed E-state index contributed by atoms with van der Waals surface area (Å²) in [5, 5.41) is 4.27. The van der Waals surface area contributed by atoms with Gasteiger partial charge in [-0.3, -0.25) is 4.90 Å². The van der Waals surface area contributed by atoms with Crippen LogP contribution in [-0.2, 0) is 19.6 Å². The minimum absolute atomic E-state index is 0.199. The van der Waals surface area contributed by atoms with Crippen molar-refractivity contribution in [3.8, 4) is 5.69 Å². The predicted molar refractivity (Wildman–Crippen MR) is 111 cm³/mol. The Kier molecular flexibility index (Phi) is 6.12. The Hall–Kier alpha value is -3.25. The summed E-state index contributed by atoms with van der Waals surface area (Å²) in [5.74, 6) is -0.199. The van der Waals surface area contributed by atoms with E-state index in [0.29, 0.717) is 0 Å². The average Bonchev–Trinajstić information content (AvgIpc) is 3.44. The predicted octanol–water partition coefficient (Wildman–Crippen LogP) is 4.30. The Bertz CT molecular complexity index is 977. The van der Waals surface area contributed by atoms with Gasteiger partial charge in [0.05, 0.1) is 12.0 Å². The van der Waals surface area contributed by atoms with Gasteiger partial charge in [-0.15, -0.1) is 0 Å². The SMILES string of the molecule is Fc1ccc(CN(CCCn2ccnc2)Cc2ccc(-n3cccn3)cc2)cc1. The van der Waals surface area contributed by atoms with Crippen molar-refractivity contribution in [3.63, 3.8) is 0 Å². The van der Waals surface area contributed by atoms with Crippen molar-refractivity contribution in [2.24, 2.45) is 0 Å². The molecule has 0 amide bonds. The summed E-state index contributed by atoms with van der Waals surface area (Å²) in [6.07, 6.45) is 10.4. The molecule has 2 heterocycles. The Morgan fingerprint density at radius 2 is 1.59 bits per heavy atom. The molecule has 5 nitrogen and oxygen atoms in total. The monoisotopic (exact) mass is 389 g/mol. The number of benzene rings is 2. The first-order valence-corrected chi connectivity index (χ1v) is 9.78. The number of aryl methyl sites for hydroxylation is 1. The highest BCUT2D eigenvalue weighted by Crippen LogP contribution is 2.14. The number of halogens is 1. The largest absolute Gasteiger partial charge is 0.337 e. The van der Waals surface area contributed by atoms with Gasteiger partial charge in [0.2, 0.25) is 0 Å². The molecule has 29 heavy (non-hydrogen) atoms. The van der Waals surface area contributed by atoms with Crippen LogP contribution in [0.2, 0.25) is 0 Å². The number of hydrogen-bond donors (Lipinski definition) is 0. The summed E-state index contributed by atoms with van der Waals surface area (Å²) >= 11 is 0. The van der Waals surface area contributed by atoms with E-state index in [2.05, 4.69) is 43.8 Å². The molecule has 0 spiro atoms. The van der Waals surface area contributed by atoms with Crippen molar-refractivity contribution in [2.75, 3.05) is 6.54 Å². The number of hydrogen-bond acceptors (Lipinski definition) is 3. The molecule has 2 aromatic carbocycles. The molecule has 0 bridgehead atoms. The summed E-state index contributed by atoms with van der Waals surface area (Å²) in [4.78, 5) is 6.50. The fraction of sp³-hybridized carbons (Fsp3) is 0.217. The Morgan fingerprint density at radius 3 is 2.21 bits per heavy atom. The average molecular weight is 389 g/mol. The van der Waals surface area contributed by atoms with E-state index < -0.39 is 0 Å². The molecule has 0 aliphatic carbocycles. The highest BCUT2D eigenvalue weighted by atomic mass is 19.1. The molecule has 0 aliphatic heterocycles. The maximum Gasteiger partial charge on any atom is 0.123 e. The second kappa shape index (κ2) is 9.30. The summed E-state index contributed by atoms with van der Waals surface area (Å²) in [7, 11) is 0. The maximum atomic E-state index is 13.3. The van der Waals surface area contributed by atoms with E-state index in [1.54, 1.807) is 12.4 Å². The van der Waals surface area contributed by atoms with Gasteiger partial charge in [0.25, 0.3) is 0 Å². The van der Waals surface area contributed by atoms with Gasteiger partial charge in [-0.25, -0.2) is 14.1 Å². The summed E-state index contributed by atoms with van der Waals surface area (Å²) in [5.41, 5.74) is 3.40. The van der Waals surface area contributed by atoms with Gasteiger partial charge in [-0.05, 0) is 47.9 Å². The molecule has 0 atom stereocenters. The first-order valence-electron chi connectivity index (χ1n) is 9.78. The lowest BCUT2D eigenvalue weighted by Gasteiger charge is -2.23. The standard InChI is InChI=1S/C23H24FN5/c24-22-7-3-20(4-8-22)17-28(14-2-13-27-16-12-25-19-27)18-21-5-9-23(10-6-21)29-15-1-11-26-29/h1,3-12,15-16,19H,2,13-14,17-18H2. The van der Waals surface area contributed by atoms with Crippen molar-refractivity contribution in [3.05, 3.63) is 103 Å². The number of aromatic nitrogens is 4. The zero-order chi connectivity index (χ0) is 19.9. The quantitative estimate of drug-likeness (QED) is 0.428. The van der Waals surface area contributed by atoms with Crippen molar-refractivity contribution >= 4 is 0 Å². The van der Waals surface area contributed by atoms with Crippen LogP contribution >= 0.6 is 0 Å². The van der Waals surface area contributed by atoms with Gasteiger partial charge in [-0.2, -0.15) is 5.10 Å². The second-order valence-electron chi connectivity index (χ2n) is 7.11. The number of rotatable bonds is 9. The third kappa shape index (κ3) is 5.39. The van der Waals surface area contributed by atoms with Gasteiger partial charge in [0.15, 0.2) is 0 Å². The lowest BCUT2D eigenvalue weighted by molar-refractivity contribution is 0.248. The third-order valence-corrected chi connectivity index (χ3v) is 4.88. The van der Waals surface area contributed by atoms with Crippen LogP contribution in [0.5, 0.6) is 0 Å². The maximum absolute atomic E-state index is 13.3. The van der Waals surface area contributed by atoms with Crippen LogP contribution in [0.4, 0.5) is 4.39 Å². The first-order chi connectivity index (χ1) is 14.3. The highest BCUT2D eigenvalue weighted by molar-refractivity contribution is 5.33. The van der Waals surface area contributed by atoms with Gasteiger partial charge in [0, 0.05) is 51.0 Å². The zero-order valence-electron chi connectivity index (χ0n) is 16.2. The molecule has 0 aliphatic rings. The minimum atomic E-state index is -0.199. The topological polar surface area (TPSA) is 38.9 Å². The van der Waals surface area contributed by atoms with E-state index in [0.717, 1.165) is 43.9 Å². The van der Waals surface area contributed by atoms with Crippen LogP contribution < -0.4 is 0 Å². The van der Waals surface area contributed by atoms with Gasteiger partial charge >= 0.3 is 0 Å². The van der Waals surface area contributed by atoms with E-state index >= 15 is 0 Å². The van der Waals surface area contributed by atoms with Gasteiger partial charge in [0.1, 0.15) is 5.82 Å². The summed E-state index contributed by atoms with van der Waals surface area (Å²) < 4.78 is 17.2. The van der Waals surface area contributed by atoms with Gasteiger partial charge < -0.3 is 4.57 Å². The molecule has 0 fully saturated rings. The smallest absolute Gasteiger partial charge is 0.123 e. The Morgan fingerprint density at radius 1 is 0.862 bits per heavy atom. The Labute approximate surface area is 170 Å². The highest BCUT2D eigenvalue weighted by Gasteiger charge is 2.08. The summed E-state index contributed by atoms with van der Waals surface area (Å²) in [6.45, 7) is 3.49. The molecule has 2 aromatic heterocycles. The van der Waals surface area contributed by atoms with Crippen LogP contribution in [0.25, 0.3) is 5.69 Å². The van der Waals surface area contributed by atoms with Crippen LogP contribution in [0, 0.1) is 5.82 Å². The molecule has 0 radical (unpaired) electrons. The molecule has 0 saturated carbocycles. The third-order valence-electron chi connectivity index (χ3n) is 4.88. The fourth-order valence-electron chi connectivity index (χ4n) is 3.39. The lowest BCUT2D eigenvalue weighted by Crippen LogP contribution is -2.25. The Balaban J connectivity index is 1.42. The zero-order valence-corrected chi connectivity index (χ0v) is 16.2. The van der Waals surface area contributed by atoms with Crippen LogP contribution in [0.3, 0.4) is 0 Å². The lowest BCUT2D eigenvalue weighted by atomic mass is 10.1. The van der Waals surface area contributed by atoms with E-state index in [1.807, 2.05) is 41.6 Å². The number of nitrogens with zero attached hydrogens (tertiary/aromatic N) is 5. The molecular weight excluding hydrogens is 365 g/mol. The fourth-order valence-corrected chi connectivity index (χ4v) is 3.39. The normalized spacial score (nSPS) is 11.2. The van der Waals surface area contributed by atoms with Crippen LogP contribution in [-0.4, -0.2) is 30.8 Å². The molecule has 6 heteroatoms. The van der Waals surface area contributed by atoms with Crippen molar-refractivity contribution in [2.45, 2.75) is 26.1 Å². The van der Waals surface area contributed by atoms with Gasteiger partial charge in [-0.1, -0.05) is 24.3 Å². The van der Waals surface area contributed by atoms with Crippen LogP contribution in [0.15, 0.2) is 85.7 Å². The van der Waals surface area contributed by atoms with E-state index in [4.69, 9.17) is 0 Å². The molecule has 4 rings (SSSR count).